The van der Waals surface area contributed by atoms with Crippen molar-refractivity contribution in [2.45, 2.75) is 115 Å². The number of hydrogen-bond acceptors (Lipinski definition) is 17. The highest BCUT2D eigenvalue weighted by molar-refractivity contribution is 6.00. The number of amides is 1. The third-order valence-corrected chi connectivity index (χ3v) is 15.5. The summed E-state index contributed by atoms with van der Waals surface area (Å²) < 4.78 is 37.1. The highest BCUT2D eigenvalue weighted by Gasteiger charge is 2.78. The van der Waals surface area contributed by atoms with E-state index in [0.717, 1.165) is 13.8 Å². The van der Waals surface area contributed by atoms with Crippen LogP contribution in [0.4, 0.5) is 0 Å². The van der Waals surface area contributed by atoms with Gasteiger partial charge >= 0.3 is 29.8 Å². The number of nitrogens with zero attached hydrogens (tertiary/aromatic N) is 1. The van der Waals surface area contributed by atoms with E-state index in [9.17, 15) is 34.2 Å². The zero-order valence-corrected chi connectivity index (χ0v) is 42.9. The molecule has 4 aromatic rings. The number of hydrazone groups is 1. The Morgan fingerprint density at radius 1 is 0.747 bits per heavy atom. The molecule has 3 aliphatic carbocycles. The lowest BCUT2D eigenvalue weighted by Gasteiger charge is -2.67. The number of ether oxygens (including phenoxy) is 6. The van der Waals surface area contributed by atoms with Crippen LogP contribution in [0.5, 0.6) is 0 Å². The molecule has 75 heavy (non-hydrogen) atoms. The molecule has 0 spiro atoms. The molecular weight excluding hydrogens is 967 g/mol. The molecule has 1 unspecified atom stereocenters. The van der Waals surface area contributed by atoms with Crippen LogP contribution in [0.15, 0.2) is 132 Å². The fourth-order valence-corrected chi connectivity index (χ4v) is 11.5. The van der Waals surface area contributed by atoms with Crippen LogP contribution < -0.4 is 10.7 Å². The first kappa shape index (κ1) is 53.7. The minimum absolute atomic E-state index is 0.0211. The standard InChI is InChI=1S/C57H61N3O15/c1-31-40(72-53(68)46(73-51(66)39-26-24-35(25-27-39)32(2)60-58-8)44(36-18-12-9-13-19-36)59-50(65)37-20-14-10-15-21-37)29-57(69)49(74-52(67)38-22-16-11-17-23-38)47-55(7,41(63)28-42-56(47,30-70-42)75-34(4)62)48(64)45(71-33(3)61)43(31)54(57,5)6/h9-27,40-42,44-47,49,58,63,69H,28-30H2,1-8H3,(H,59,65)/b60-32+/t40-,41-,42+,44-,45+,46+,47?,49-,55+,56-,57+/m1/s1. The van der Waals surface area contributed by atoms with Crippen LogP contribution in [-0.4, -0.2) is 119 Å². The predicted molar refractivity (Wildman–Crippen MR) is 269 cm³/mol. The number of aliphatic hydroxyl groups excluding tert-OH is 1. The average Bonchev–Trinajstić information content (AvgIpc) is 3.38. The minimum atomic E-state index is -2.48. The highest BCUT2D eigenvalue weighted by atomic mass is 16.6. The van der Waals surface area contributed by atoms with Gasteiger partial charge in [-0.25, -0.2) is 14.4 Å². The van der Waals surface area contributed by atoms with Crippen LogP contribution in [-0.2, 0) is 47.6 Å². The SMILES string of the molecule is CN/N=C(\C)c1ccc(C(=O)O[C@H](C(=O)O[C@@H]2C[C@]3(O)[C@H](OC(=O)c4ccccc4)C4[C@@]5(OC(C)=O)CO[C@H]5C[C@@H](O)[C@]4(C)C(=O)[C@@H](OC(C)=O)C(=C2C)C3(C)C)[C@H](NC(=O)c2ccccc2)c2ccccc2)cc1. The number of ketones is 1. The number of Topliss-reactive ketones (excluding diaryl/α,β-unsaturated/α-hetero) is 1. The normalized spacial score (nSPS) is 28.5. The first-order valence-corrected chi connectivity index (χ1v) is 24.6. The van der Waals surface area contributed by atoms with Crippen molar-refractivity contribution < 1.29 is 72.2 Å². The maximum Gasteiger partial charge on any atom is 0.350 e. The summed E-state index contributed by atoms with van der Waals surface area (Å²) in [6, 6.07) is 29.0. The third-order valence-electron chi connectivity index (χ3n) is 15.5. The summed E-state index contributed by atoms with van der Waals surface area (Å²) in [6.07, 6.45) is -10.9. The summed E-state index contributed by atoms with van der Waals surface area (Å²) in [5, 5.41) is 33.3. The predicted octanol–water partition coefficient (Wildman–Crippen LogP) is 5.54. The van der Waals surface area contributed by atoms with Crippen molar-refractivity contribution >= 4 is 47.2 Å². The number of carbonyl (C=O) groups is 7. The van der Waals surface area contributed by atoms with Gasteiger partial charge in [0.2, 0.25) is 6.10 Å². The lowest BCUT2D eigenvalue weighted by Crippen LogP contribution is -2.82. The van der Waals surface area contributed by atoms with Crippen LogP contribution in [0.2, 0.25) is 0 Å². The van der Waals surface area contributed by atoms with E-state index in [1.807, 2.05) is 0 Å². The summed E-state index contributed by atoms with van der Waals surface area (Å²) in [6.45, 7) is 9.67. The minimum Gasteiger partial charge on any atom is -0.455 e. The molecule has 11 atom stereocenters. The van der Waals surface area contributed by atoms with Gasteiger partial charge in [0.25, 0.3) is 5.91 Å². The van der Waals surface area contributed by atoms with Gasteiger partial charge in [0, 0.05) is 44.7 Å². The lowest BCUT2D eigenvalue weighted by molar-refractivity contribution is -0.346. The second-order valence-electron chi connectivity index (χ2n) is 20.2. The molecule has 0 radical (unpaired) electrons. The zero-order valence-electron chi connectivity index (χ0n) is 42.9. The van der Waals surface area contributed by atoms with Gasteiger partial charge in [-0.05, 0) is 79.4 Å². The van der Waals surface area contributed by atoms with Gasteiger partial charge in [0.05, 0.1) is 40.9 Å². The van der Waals surface area contributed by atoms with Crippen molar-refractivity contribution in [3.8, 4) is 0 Å². The van der Waals surface area contributed by atoms with E-state index in [0.29, 0.717) is 16.8 Å². The van der Waals surface area contributed by atoms with Crippen molar-refractivity contribution in [2.24, 2.45) is 21.8 Å². The van der Waals surface area contributed by atoms with Crippen LogP contribution in [0.25, 0.3) is 0 Å². The van der Waals surface area contributed by atoms with Crippen LogP contribution in [0.3, 0.4) is 0 Å². The summed E-state index contributed by atoms with van der Waals surface area (Å²) in [5.41, 5.74) is -3.45. The Balaban J connectivity index is 1.30. The molecule has 0 aromatic heterocycles. The topological polar surface area (TPSA) is 252 Å². The molecule has 4 N–H and O–H groups in total. The van der Waals surface area contributed by atoms with Crippen molar-refractivity contribution in [3.05, 3.63) is 154 Å². The second kappa shape index (κ2) is 21.0. The summed E-state index contributed by atoms with van der Waals surface area (Å²) in [5.74, 6) is -8.03. The van der Waals surface area contributed by atoms with E-state index in [4.69, 9.17) is 28.4 Å². The maximum atomic E-state index is 15.8. The Hall–Kier alpha value is -7.54. The van der Waals surface area contributed by atoms with Crippen LogP contribution >= 0.6 is 0 Å². The molecule has 1 saturated heterocycles. The maximum absolute atomic E-state index is 15.8. The van der Waals surface area contributed by atoms with Gasteiger partial charge in [-0.1, -0.05) is 92.7 Å². The van der Waals surface area contributed by atoms with Gasteiger partial charge in [0.1, 0.15) is 30.0 Å². The van der Waals surface area contributed by atoms with Gasteiger partial charge in [0.15, 0.2) is 17.5 Å². The molecule has 1 amide bonds. The molecule has 2 bridgehead atoms. The molecule has 4 aliphatic rings. The van der Waals surface area contributed by atoms with Crippen molar-refractivity contribution in [3.63, 3.8) is 0 Å². The Morgan fingerprint density at radius 3 is 1.88 bits per heavy atom. The van der Waals surface area contributed by atoms with Gasteiger partial charge in [-0.15, -0.1) is 0 Å². The molecule has 18 heteroatoms. The second-order valence-corrected chi connectivity index (χ2v) is 20.2. The van der Waals surface area contributed by atoms with E-state index >= 15 is 9.59 Å². The Morgan fingerprint density at radius 2 is 1.32 bits per heavy atom. The summed E-state index contributed by atoms with van der Waals surface area (Å²) in [4.78, 5) is 101. The van der Waals surface area contributed by atoms with E-state index in [-0.39, 0.29) is 40.9 Å². The molecular formula is C57H61N3O15. The Kier molecular flexibility index (Phi) is 15.0. The summed E-state index contributed by atoms with van der Waals surface area (Å²) in [7, 11) is 1.64. The molecule has 1 aliphatic heterocycles. The van der Waals surface area contributed by atoms with E-state index in [2.05, 4.69) is 15.8 Å². The van der Waals surface area contributed by atoms with E-state index < -0.39 is 119 Å². The zero-order chi connectivity index (χ0) is 54.2. The molecule has 2 saturated carbocycles. The van der Waals surface area contributed by atoms with Crippen molar-refractivity contribution in [1.82, 2.24) is 10.7 Å². The number of aliphatic hydroxyl groups is 2. The first-order valence-electron chi connectivity index (χ1n) is 24.6. The fourth-order valence-electron chi connectivity index (χ4n) is 11.5. The van der Waals surface area contributed by atoms with Crippen molar-refractivity contribution in [2.75, 3.05) is 13.7 Å². The van der Waals surface area contributed by atoms with Gasteiger partial charge < -0.3 is 49.4 Å². The first-order chi connectivity index (χ1) is 35.6. The van der Waals surface area contributed by atoms with Crippen LogP contribution in [0.1, 0.15) is 110 Å². The fraction of sp³-hybridized carbons (Fsp3) is 0.404. The third kappa shape index (κ3) is 9.73. The molecule has 3 fully saturated rings. The quantitative estimate of drug-likeness (QED) is 0.0398. The largest absolute Gasteiger partial charge is 0.455 e. The Bertz CT molecular complexity index is 2930. The number of benzene rings is 4. The number of rotatable bonds is 14. The average molecular weight is 1030 g/mol. The van der Waals surface area contributed by atoms with E-state index in [1.165, 1.54) is 38.1 Å². The van der Waals surface area contributed by atoms with Gasteiger partial charge in [-0.2, -0.15) is 5.10 Å². The summed E-state index contributed by atoms with van der Waals surface area (Å²) >= 11 is 0. The number of hydrogen-bond donors (Lipinski definition) is 4. The number of fused-ring (bicyclic) bond motifs is 5. The van der Waals surface area contributed by atoms with Gasteiger partial charge in [-0.3, -0.25) is 19.2 Å². The number of esters is 5. The molecule has 394 valence electrons. The highest BCUT2D eigenvalue weighted by Crippen LogP contribution is 2.64. The smallest absolute Gasteiger partial charge is 0.350 e. The Labute approximate surface area is 433 Å². The van der Waals surface area contributed by atoms with Crippen LogP contribution in [0, 0.1) is 16.7 Å². The van der Waals surface area contributed by atoms with Crippen molar-refractivity contribution in [1.29, 1.82) is 0 Å². The molecule has 4 aromatic carbocycles. The number of carbonyl (C=O) groups excluding carboxylic acids is 7. The monoisotopic (exact) mass is 1030 g/mol. The molecule has 18 nitrogen and oxygen atoms in total. The lowest BCUT2D eigenvalue weighted by atomic mass is 9.44. The molecule has 8 rings (SSSR count). The number of nitrogens with one attached hydrogen (secondary N) is 2. The molecule has 1 heterocycles. The van der Waals surface area contributed by atoms with E-state index in [1.54, 1.807) is 119 Å².